The van der Waals surface area contributed by atoms with Gasteiger partial charge < -0.3 is 9.88 Å². The molecule has 1 aliphatic rings. The van der Waals surface area contributed by atoms with E-state index in [9.17, 15) is 22.8 Å². The Balaban J connectivity index is 1.69. The number of aryl methyl sites for hydroxylation is 1. The van der Waals surface area contributed by atoms with Gasteiger partial charge in [0.1, 0.15) is 5.69 Å². The molecule has 1 aromatic carbocycles. The van der Waals surface area contributed by atoms with Crippen molar-refractivity contribution in [2.75, 3.05) is 13.1 Å². The zero-order chi connectivity index (χ0) is 18.7. The lowest BCUT2D eigenvalue weighted by Gasteiger charge is -2.14. The average Bonchev–Trinajstić information content (AvgIpc) is 3.14. The molecule has 0 spiro atoms. The van der Waals surface area contributed by atoms with Gasteiger partial charge >= 0.3 is 6.18 Å². The maximum absolute atomic E-state index is 12.6. The SMILES string of the molecule is O=C(CCc1nnc(-c2ccc(C(F)(F)F)cc2)[nH]c1=O)N1CCCC1. The monoisotopic (exact) mass is 366 g/mol. The third kappa shape index (κ3) is 4.09. The van der Waals surface area contributed by atoms with Crippen molar-refractivity contribution in [2.24, 2.45) is 0 Å². The fourth-order valence-corrected chi connectivity index (χ4v) is 2.82. The molecule has 1 amide bonds. The molecule has 2 heterocycles. The Hall–Kier alpha value is -2.71. The molecule has 0 aliphatic carbocycles. The minimum Gasteiger partial charge on any atom is -0.343 e. The highest BCUT2D eigenvalue weighted by Gasteiger charge is 2.30. The molecule has 0 bridgehead atoms. The molecule has 0 unspecified atom stereocenters. The van der Waals surface area contributed by atoms with Crippen LogP contribution in [0.2, 0.25) is 0 Å². The van der Waals surface area contributed by atoms with Gasteiger partial charge in [0.05, 0.1) is 5.56 Å². The summed E-state index contributed by atoms with van der Waals surface area (Å²) in [5.41, 5.74) is -0.826. The van der Waals surface area contributed by atoms with E-state index in [1.807, 2.05) is 0 Å². The summed E-state index contributed by atoms with van der Waals surface area (Å²) < 4.78 is 37.8. The van der Waals surface area contributed by atoms with E-state index in [0.717, 1.165) is 38.1 Å². The molecular formula is C17H17F3N4O2. The Morgan fingerprint density at radius 1 is 1.12 bits per heavy atom. The molecule has 0 atom stereocenters. The molecule has 1 aromatic heterocycles. The molecule has 1 saturated heterocycles. The van der Waals surface area contributed by atoms with E-state index >= 15 is 0 Å². The smallest absolute Gasteiger partial charge is 0.343 e. The first-order valence-corrected chi connectivity index (χ1v) is 8.26. The number of amides is 1. The van der Waals surface area contributed by atoms with Crippen LogP contribution in [0, 0.1) is 0 Å². The van der Waals surface area contributed by atoms with Gasteiger partial charge in [0.25, 0.3) is 5.56 Å². The number of nitrogens with one attached hydrogen (secondary N) is 1. The number of carbonyl (C=O) groups excluding carboxylic acids is 1. The quantitative estimate of drug-likeness (QED) is 0.901. The van der Waals surface area contributed by atoms with Crippen LogP contribution < -0.4 is 5.56 Å². The van der Waals surface area contributed by atoms with Crippen molar-refractivity contribution in [3.8, 4) is 11.4 Å². The number of carbonyl (C=O) groups is 1. The second kappa shape index (κ2) is 7.27. The van der Waals surface area contributed by atoms with Crippen LogP contribution in [0.4, 0.5) is 13.2 Å². The van der Waals surface area contributed by atoms with Crippen LogP contribution >= 0.6 is 0 Å². The lowest BCUT2D eigenvalue weighted by atomic mass is 10.1. The predicted molar refractivity (Wildman–Crippen MR) is 87.2 cm³/mol. The molecule has 138 valence electrons. The fraction of sp³-hybridized carbons (Fsp3) is 0.412. The van der Waals surface area contributed by atoms with Crippen molar-refractivity contribution in [1.29, 1.82) is 0 Å². The number of nitrogens with zero attached hydrogens (tertiary/aromatic N) is 3. The van der Waals surface area contributed by atoms with Crippen molar-refractivity contribution >= 4 is 5.91 Å². The van der Waals surface area contributed by atoms with Gasteiger partial charge in [-0.1, -0.05) is 12.1 Å². The van der Waals surface area contributed by atoms with Gasteiger partial charge in [-0.15, -0.1) is 10.2 Å². The summed E-state index contributed by atoms with van der Waals surface area (Å²) in [4.78, 5) is 28.4. The highest BCUT2D eigenvalue weighted by molar-refractivity contribution is 5.76. The lowest BCUT2D eigenvalue weighted by Crippen LogP contribution is -2.28. The minimum atomic E-state index is -4.43. The molecule has 2 aromatic rings. The van der Waals surface area contributed by atoms with E-state index in [1.54, 1.807) is 4.90 Å². The van der Waals surface area contributed by atoms with Crippen LogP contribution in [0.1, 0.15) is 30.5 Å². The number of benzene rings is 1. The van der Waals surface area contributed by atoms with Gasteiger partial charge in [0.15, 0.2) is 5.82 Å². The topological polar surface area (TPSA) is 79.0 Å². The number of H-pyrrole nitrogens is 1. The number of rotatable bonds is 4. The summed E-state index contributed by atoms with van der Waals surface area (Å²) >= 11 is 0. The Labute approximate surface area is 147 Å². The van der Waals surface area contributed by atoms with Crippen LogP contribution in [-0.4, -0.2) is 39.1 Å². The van der Waals surface area contributed by atoms with Gasteiger partial charge in [-0.05, 0) is 25.0 Å². The maximum atomic E-state index is 12.6. The Bertz CT molecular complexity index is 840. The number of aromatic amines is 1. The van der Waals surface area contributed by atoms with Crippen molar-refractivity contribution in [2.45, 2.75) is 31.9 Å². The Kier molecular flexibility index (Phi) is 5.06. The second-order valence-corrected chi connectivity index (χ2v) is 6.11. The minimum absolute atomic E-state index is 0.0180. The molecule has 1 aliphatic heterocycles. The van der Waals surface area contributed by atoms with E-state index in [1.165, 1.54) is 12.1 Å². The largest absolute Gasteiger partial charge is 0.416 e. The zero-order valence-corrected chi connectivity index (χ0v) is 13.8. The van der Waals surface area contributed by atoms with Crippen molar-refractivity contribution in [3.05, 3.63) is 45.9 Å². The van der Waals surface area contributed by atoms with Crippen molar-refractivity contribution in [1.82, 2.24) is 20.1 Å². The highest BCUT2D eigenvalue weighted by atomic mass is 19.4. The van der Waals surface area contributed by atoms with E-state index in [-0.39, 0.29) is 30.3 Å². The van der Waals surface area contributed by atoms with Gasteiger partial charge in [-0.2, -0.15) is 13.2 Å². The molecule has 0 saturated carbocycles. The van der Waals surface area contributed by atoms with Gasteiger partial charge in [0, 0.05) is 31.5 Å². The standard InChI is InChI=1S/C17H17F3N4O2/c18-17(19,20)12-5-3-11(4-6-12)15-21-16(26)13(22-23-15)7-8-14(25)24-9-1-2-10-24/h3-6H,1-2,7-10H2,(H,21,23,26). The number of halogens is 3. The summed E-state index contributed by atoms with van der Waals surface area (Å²) in [6.07, 6.45) is -2.09. The van der Waals surface area contributed by atoms with Crippen molar-refractivity contribution < 1.29 is 18.0 Å². The molecule has 1 fully saturated rings. The molecule has 26 heavy (non-hydrogen) atoms. The third-order valence-corrected chi connectivity index (χ3v) is 4.28. The Morgan fingerprint density at radius 2 is 1.77 bits per heavy atom. The van der Waals surface area contributed by atoms with Crippen LogP contribution in [0.25, 0.3) is 11.4 Å². The molecule has 0 radical (unpaired) electrons. The zero-order valence-electron chi connectivity index (χ0n) is 13.8. The summed E-state index contributed by atoms with van der Waals surface area (Å²) in [6.45, 7) is 1.49. The van der Waals surface area contributed by atoms with Crippen LogP contribution in [-0.2, 0) is 17.4 Å². The molecule has 6 nitrogen and oxygen atoms in total. The molecule has 1 N–H and O–H groups in total. The molecule has 9 heteroatoms. The highest BCUT2D eigenvalue weighted by Crippen LogP contribution is 2.30. The van der Waals surface area contributed by atoms with Crippen molar-refractivity contribution in [3.63, 3.8) is 0 Å². The van der Waals surface area contributed by atoms with E-state index in [4.69, 9.17) is 0 Å². The average molecular weight is 366 g/mol. The van der Waals surface area contributed by atoms with E-state index in [0.29, 0.717) is 5.56 Å². The van der Waals surface area contributed by atoms with Crippen LogP contribution in [0.5, 0.6) is 0 Å². The van der Waals surface area contributed by atoms with Crippen LogP contribution in [0.15, 0.2) is 29.1 Å². The fourth-order valence-electron chi connectivity index (χ4n) is 2.82. The number of hydrogen-bond acceptors (Lipinski definition) is 4. The first-order chi connectivity index (χ1) is 12.3. The summed E-state index contributed by atoms with van der Waals surface area (Å²) in [6, 6.07) is 4.27. The molecular weight excluding hydrogens is 349 g/mol. The summed E-state index contributed by atoms with van der Waals surface area (Å²) in [5, 5.41) is 7.70. The van der Waals surface area contributed by atoms with Gasteiger partial charge in [0.2, 0.25) is 5.91 Å². The van der Waals surface area contributed by atoms with Gasteiger partial charge in [-0.25, -0.2) is 0 Å². The Morgan fingerprint density at radius 3 is 2.35 bits per heavy atom. The number of alkyl halides is 3. The molecule has 3 rings (SSSR count). The lowest BCUT2D eigenvalue weighted by molar-refractivity contribution is -0.137. The number of hydrogen-bond donors (Lipinski definition) is 1. The first-order valence-electron chi connectivity index (χ1n) is 8.26. The summed E-state index contributed by atoms with van der Waals surface area (Å²) in [7, 11) is 0. The second-order valence-electron chi connectivity index (χ2n) is 6.11. The normalized spacial score (nSPS) is 14.7. The van der Waals surface area contributed by atoms with E-state index < -0.39 is 17.3 Å². The number of aromatic nitrogens is 3. The van der Waals surface area contributed by atoms with E-state index in [2.05, 4.69) is 15.2 Å². The predicted octanol–water partition coefficient (Wildman–Crippen LogP) is 2.41. The summed E-state index contributed by atoms with van der Waals surface area (Å²) in [5.74, 6) is 0.0638. The van der Waals surface area contributed by atoms with Gasteiger partial charge in [-0.3, -0.25) is 9.59 Å². The van der Waals surface area contributed by atoms with Crippen LogP contribution in [0.3, 0.4) is 0 Å². The third-order valence-electron chi connectivity index (χ3n) is 4.28. The first kappa shape index (κ1) is 18.1. The maximum Gasteiger partial charge on any atom is 0.416 e. The number of likely N-dealkylation sites (tertiary alicyclic amines) is 1.